The van der Waals surface area contributed by atoms with E-state index in [1.165, 1.54) is 0 Å². The van der Waals surface area contributed by atoms with Crippen LogP contribution in [0.2, 0.25) is 0 Å². The molecular formula is C12H21ClF3O17PS2. The molecule has 0 amide bonds. The molecule has 0 spiro atoms. The first-order valence-electron chi connectivity index (χ1n) is 7.17. The van der Waals surface area contributed by atoms with Crippen molar-refractivity contribution >= 4 is 58.7 Å². The van der Waals surface area contributed by atoms with Gasteiger partial charge in [-0.15, -0.1) is 12.4 Å². The van der Waals surface area contributed by atoms with Crippen molar-refractivity contribution in [1.29, 1.82) is 0 Å². The van der Waals surface area contributed by atoms with E-state index in [1.807, 2.05) is 0 Å². The average molecular weight is 625 g/mol. The zero-order chi connectivity index (χ0) is 29.8. The first-order valence-corrected chi connectivity index (χ1v) is 12.0. The summed E-state index contributed by atoms with van der Waals surface area (Å²) >= 11 is 0. The summed E-state index contributed by atoms with van der Waals surface area (Å²) in [6.45, 7) is 1.08. The molecule has 0 aliphatic carbocycles. The minimum atomic E-state index is -5.08. The number of carboxylic acids is 3. The molecule has 0 saturated carbocycles. The summed E-state index contributed by atoms with van der Waals surface area (Å²) in [6.07, 6.45) is -4.37. The lowest BCUT2D eigenvalue weighted by molar-refractivity contribution is -0.192. The van der Waals surface area contributed by atoms with E-state index in [-0.39, 0.29) is 12.4 Å². The lowest BCUT2D eigenvalue weighted by Gasteiger charge is -1.93. The highest BCUT2D eigenvalue weighted by Crippen LogP contribution is 2.25. The standard InChI is InChI=1S/C7H6O2.C2HF3O2.C2H4O2.CH4O3S.ClH.H3O4P.H2O4S/c8-7(9)6-4-2-1-3-5-6;3-2(4,5)1(6)7;1-2(3)4;1-5(2,3)4;;2*1-5(2,3)4/h1-5H,(H,8,9);(H,6,7);1H3,(H,3,4);1H3,(H,2,3,4);1H;(H3,1,2,3,4);(H2,1,2,3,4). The SMILES string of the molecule is CC(=O)O.CS(=O)(=O)O.Cl.O=C(O)C(F)(F)F.O=C(O)c1ccccc1.O=P(O)(O)O.O=S(=O)(O)O. The van der Waals surface area contributed by atoms with E-state index in [2.05, 4.69) is 0 Å². The number of carboxylic acid groups (broad SMARTS) is 3. The Morgan fingerprint density at radius 3 is 1.08 bits per heavy atom. The van der Waals surface area contributed by atoms with Gasteiger partial charge in [0.1, 0.15) is 0 Å². The van der Waals surface area contributed by atoms with Crippen LogP contribution in [0.15, 0.2) is 30.3 Å². The summed E-state index contributed by atoms with van der Waals surface area (Å²) in [4.78, 5) is 49.7. The van der Waals surface area contributed by atoms with E-state index in [0.29, 0.717) is 11.8 Å². The number of hydrogen-bond donors (Lipinski definition) is 9. The van der Waals surface area contributed by atoms with Crippen LogP contribution < -0.4 is 0 Å². The Balaban J connectivity index is -0.0000000766. The van der Waals surface area contributed by atoms with Crippen LogP contribution in [-0.4, -0.2) is 90.8 Å². The normalized spacial score (nSPS) is 9.97. The molecular weight excluding hydrogens is 604 g/mol. The summed E-state index contributed by atoms with van der Waals surface area (Å²) in [6, 6.07) is 8.30. The smallest absolute Gasteiger partial charge is 0.481 e. The van der Waals surface area contributed by atoms with Gasteiger partial charge in [-0.05, 0) is 12.1 Å². The second-order valence-corrected chi connectivity index (χ2v) is 8.08. The number of aromatic carboxylic acids is 1. The minimum absolute atomic E-state index is 0. The number of benzene rings is 1. The fraction of sp³-hybridized carbons (Fsp3) is 0.250. The molecule has 0 aliphatic heterocycles. The molecule has 0 unspecified atom stereocenters. The van der Waals surface area contributed by atoms with Crippen LogP contribution in [0.4, 0.5) is 13.2 Å². The zero-order valence-corrected chi connectivity index (χ0v) is 20.8. The van der Waals surface area contributed by atoms with Crippen molar-refractivity contribution in [2.45, 2.75) is 13.1 Å². The molecule has 0 saturated heterocycles. The molecule has 36 heavy (non-hydrogen) atoms. The molecule has 1 aromatic carbocycles. The Labute approximate surface area is 206 Å². The Hall–Kier alpha value is -2.40. The maximum absolute atomic E-state index is 10.6. The van der Waals surface area contributed by atoms with E-state index in [4.69, 9.17) is 66.2 Å². The van der Waals surface area contributed by atoms with E-state index < -0.39 is 52.4 Å². The Morgan fingerprint density at radius 1 is 0.833 bits per heavy atom. The van der Waals surface area contributed by atoms with Crippen LogP contribution in [0.5, 0.6) is 0 Å². The van der Waals surface area contributed by atoms with Crippen LogP contribution in [0.25, 0.3) is 0 Å². The van der Waals surface area contributed by atoms with Gasteiger partial charge in [0.05, 0.1) is 11.8 Å². The summed E-state index contributed by atoms with van der Waals surface area (Å²) in [5.74, 6) is -4.47. The van der Waals surface area contributed by atoms with Gasteiger partial charge in [0.2, 0.25) is 0 Å². The van der Waals surface area contributed by atoms with Crippen molar-refractivity contribution in [2.24, 2.45) is 0 Å². The third-order valence-electron chi connectivity index (χ3n) is 1.26. The van der Waals surface area contributed by atoms with Gasteiger partial charge in [0.25, 0.3) is 16.1 Å². The number of hydrogen-bond acceptors (Lipinski definition) is 8. The molecule has 24 heteroatoms. The molecule has 0 aromatic heterocycles. The summed E-state index contributed by atoms with van der Waals surface area (Å²) < 4.78 is 98.1. The Kier molecular flexibility index (Phi) is 28.4. The van der Waals surface area contributed by atoms with Crippen LogP contribution in [0.3, 0.4) is 0 Å². The molecule has 0 heterocycles. The van der Waals surface area contributed by atoms with E-state index in [9.17, 15) is 26.4 Å². The van der Waals surface area contributed by atoms with Gasteiger partial charge in [-0.1, -0.05) is 18.2 Å². The van der Waals surface area contributed by atoms with Crippen molar-refractivity contribution in [1.82, 2.24) is 0 Å². The minimum Gasteiger partial charge on any atom is -0.481 e. The Bertz CT molecular complexity index is 949. The van der Waals surface area contributed by atoms with Gasteiger partial charge >= 0.3 is 36.3 Å². The van der Waals surface area contributed by atoms with E-state index in [0.717, 1.165) is 6.92 Å². The van der Waals surface area contributed by atoms with Gasteiger partial charge in [0.15, 0.2) is 0 Å². The van der Waals surface area contributed by atoms with Crippen LogP contribution in [0.1, 0.15) is 17.3 Å². The van der Waals surface area contributed by atoms with E-state index >= 15 is 0 Å². The number of aliphatic carboxylic acids is 2. The van der Waals surface area contributed by atoms with Crippen molar-refractivity contribution in [3.05, 3.63) is 35.9 Å². The molecule has 0 bridgehead atoms. The second kappa shape index (κ2) is 21.8. The van der Waals surface area contributed by atoms with Gasteiger partial charge in [-0.25, -0.2) is 14.2 Å². The molecule has 216 valence electrons. The van der Waals surface area contributed by atoms with Crippen LogP contribution >= 0.6 is 20.2 Å². The first kappa shape index (κ1) is 46.9. The highest BCUT2D eigenvalue weighted by Gasteiger charge is 2.38. The van der Waals surface area contributed by atoms with Gasteiger partial charge in [-0.3, -0.25) is 18.5 Å². The maximum atomic E-state index is 10.6. The predicted molar refractivity (Wildman–Crippen MR) is 114 cm³/mol. The third-order valence-corrected chi connectivity index (χ3v) is 1.26. The largest absolute Gasteiger partial charge is 0.490 e. The van der Waals surface area contributed by atoms with Crippen LogP contribution in [-0.2, 0) is 34.7 Å². The lowest BCUT2D eigenvalue weighted by Crippen LogP contribution is -2.21. The van der Waals surface area contributed by atoms with Gasteiger partial charge in [-0.2, -0.15) is 30.0 Å². The second-order valence-electron chi connectivity index (χ2n) is 4.69. The van der Waals surface area contributed by atoms with Crippen molar-refractivity contribution in [3.8, 4) is 0 Å². The molecule has 0 atom stereocenters. The van der Waals surface area contributed by atoms with Crippen molar-refractivity contribution in [3.63, 3.8) is 0 Å². The van der Waals surface area contributed by atoms with Crippen molar-refractivity contribution < 1.29 is 92.6 Å². The Morgan fingerprint density at radius 2 is 1.00 bits per heavy atom. The average Bonchev–Trinajstić information content (AvgIpc) is 2.50. The lowest BCUT2D eigenvalue weighted by atomic mass is 10.2. The number of phosphoric acid groups is 1. The molecule has 0 aliphatic rings. The topological polar surface area (TPSA) is 319 Å². The van der Waals surface area contributed by atoms with Gasteiger partial charge < -0.3 is 30.0 Å². The molecule has 0 fully saturated rings. The molecule has 0 radical (unpaired) electrons. The van der Waals surface area contributed by atoms with Crippen molar-refractivity contribution in [2.75, 3.05) is 6.26 Å². The zero-order valence-electron chi connectivity index (χ0n) is 17.5. The number of carbonyl (C=O) groups is 3. The molecule has 1 aromatic rings. The first-order chi connectivity index (χ1) is 15.0. The quantitative estimate of drug-likeness (QED) is 0.151. The van der Waals surface area contributed by atoms with Gasteiger partial charge in [0, 0.05) is 6.92 Å². The third kappa shape index (κ3) is 122. The molecule has 1 rings (SSSR count). The fourth-order valence-corrected chi connectivity index (χ4v) is 0.581. The summed E-state index contributed by atoms with van der Waals surface area (Å²) in [5, 5.41) is 22.9. The number of halogens is 4. The monoisotopic (exact) mass is 624 g/mol. The molecule has 17 nitrogen and oxygen atoms in total. The number of rotatable bonds is 1. The summed E-state index contributed by atoms with van der Waals surface area (Å²) in [5.41, 5.74) is 0.331. The highest BCUT2D eigenvalue weighted by atomic mass is 35.5. The highest BCUT2D eigenvalue weighted by molar-refractivity contribution is 7.85. The predicted octanol–water partition coefficient (Wildman–Crippen LogP) is 0.453. The number of alkyl halides is 3. The van der Waals surface area contributed by atoms with E-state index in [1.54, 1.807) is 30.3 Å². The molecule has 9 N–H and O–H groups in total. The van der Waals surface area contributed by atoms with Crippen LogP contribution in [0, 0.1) is 0 Å². The maximum Gasteiger partial charge on any atom is 0.490 e. The summed E-state index contributed by atoms with van der Waals surface area (Å²) in [7, 11) is -13.0. The fourth-order valence-electron chi connectivity index (χ4n) is 0.581.